The van der Waals surface area contributed by atoms with Gasteiger partial charge in [-0.05, 0) is 172 Å². The van der Waals surface area contributed by atoms with Gasteiger partial charge in [0.1, 0.15) is 5.82 Å². The molecule has 0 unspecified atom stereocenters. The van der Waals surface area contributed by atoms with Crippen molar-refractivity contribution in [1.82, 2.24) is 0 Å². The van der Waals surface area contributed by atoms with E-state index in [1.807, 2.05) is 0 Å². The Balaban J connectivity index is 0.981. The molecule has 254 valence electrons. The molecule has 53 heavy (non-hydrogen) atoms. The van der Waals surface area contributed by atoms with Crippen LogP contribution in [-0.2, 0) is 12.8 Å². The highest BCUT2D eigenvalue weighted by Gasteiger charge is 2.20. The van der Waals surface area contributed by atoms with E-state index in [2.05, 4.69) is 164 Å². The summed E-state index contributed by atoms with van der Waals surface area (Å²) in [6.45, 7) is 4.30. The lowest BCUT2D eigenvalue weighted by Gasteiger charge is -2.28. The van der Waals surface area contributed by atoms with Gasteiger partial charge in [-0.3, -0.25) is 0 Å². The van der Waals surface area contributed by atoms with Crippen molar-refractivity contribution in [2.24, 2.45) is 0 Å². The van der Waals surface area contributed by atoms with Gasteiger partial charge >= 0.3 is 0 Å². The third kappa shape index (κ3) is 5.78. The summed E-state index contributed by atoms with van der Waals surface area (Å²) in [5.41, 5.74) is 15.3. The number of nitrogens with zero attached hydrogens (tertiary/aromatic N) is 1. The molecule has 9 aromatic rings. The number of fused-ring (bicyclic) bond motifs is 6. The van der Waals surface area contributed by atoms with E-state index in [0.717, 1.165) is 46.5 Å². The van der Waals surface area contributed by atoms with Crippen LogP contribution in [0.1, 0.15) is 33.4 Å². The van der Waals surface area contributed by atoms with Crippen LogP contribution in [0.3, 0.4) is 0 Å². The van der Waals surface area contributed by atoms with Crippen molar-refractivity contribution < 1.29 is 4.39 Å². The first-order valence-corrected chi connectivity index (χ1v) is 19.1. The van der Waals surface area contributed by atoms with E-state index in [-0.39, 0.29) is 5.82 Å². The number of hydrogen-bond donors (Lipinski definition) is 0. The van der Waals surface area contributed by atoms with E-state index in [0.29, 0.717) is 0 Å². The monoisotopic (exact) mass is 701 g/mol. The maximum Gasteiger partial charge on any atom is 0.124 e. The molecular weight excluding hydrogens is 666 g/mol. The molecule has 0 N–H and O–H groups in total. The molecule has 0 bridgehead atoms. The number of thiophene rings is 1. The number of aryl methyl sites for hydroxylation is 2. The molecule has 1 aliphatic rings. The minimum atomic E-state index is -0.224. The Morgan fingerprint density at radius 1 is 0.434 bits per heavy atom. The van der Waals surface area contributed by atoms with Crippen molar-refractivity contribution in [2.45, 2.75) is 26.7 Å². The van der Waals surface area contributed by atoms with Gasteiger partial charge in [-0.2, -0.15) is 0 Å². The van der Waals surface area contributed by atoms with Crippen molar-refractivity contribution in [2.75, 3.05) is 4.90 Å². The van der Waals surface area contributed by atoms with Crippen LogP contribution in [0.4, 0.5) is 21.5 Å². The van der Waals surface area contributed by atoms with Crippen LogP contribution in [0.25, 0.3) is 53.2 Å². The van der Waals surface area contributed by atoms with Crippen molar-refractivity contribution in [1.29, 1.82) is 0 Å². The second kappa shape index (κ2) is 12.6. The van der Waals surface area contributed by atoms with E-state index in [1.165, 1.54) is 70.0 Å². The van der Waals surface area contributed by atoms with Crippen LogP contribution in [-0.4, -0.2) is 0 Å². The average molecular weight is 702 g/mol. The highest BCUT2D eigenvalue weighted by atomic mass is 32.1. The molecule has 0 aliphatic heterocycles. The van der Waals surface area contributed by atoms with E-state index in [1.54, 1.807) is 23.5 Å². The number of anilines is 3. The third-order valence-corrected chi connectivity index (χ3v) is 12.0. The molecule has 0 spiro atoms. The van der Waals surface area contributed by atoms with Gasteiger partial charge in [-0.15, -0.1) is 11.3 Å². The SMILES string of the molecule is Cc1cccc(N(c2cccc(C)c2)c2ccc3c(c2)Cc2cc4ccc(-c5cc(F)cc(-c6ccc7sc8ccccc8c7c6)c5)cc4cc2C3)c1. The summed E-state index contributed by atoms with van der Waals surface area (Å²) in [4.78, 5) is 2.37. The molecule has 0 saturated heterocycles. The summed E-state index contributed by atoms with van der Waals surface area (Å²) < 4.78 is 17.8. The van der Waals surface area contributed by atoms with Crippen LogP contribution < -0.4 is 4.90 Å². The zero-order valence-electron chi connectivity index (χ0n) is 29.7. The Bertz CT molecular complexity index is 2850. The van der Waals surface area contributed by atoms with E-state index in [9.17, 15) is 0 Å². The minimum Gasteiger partial charge on any atom is -0.310 e. The molecule has 3 heteroatoms. The highest BCUT2D eigenvalue weighted by Crippen LogP contribution is 2.40. The molecule has 1 nitrogen and oxygen atoms in total. The first kappa shape index (κ1) is 31.7. The van der Waals surface area contributed by atoms with Gasteiger partial charge in [0.2, 0.25) is 0 Å². The predicted octanol–water partition coefficient (Wildman–Crippen LogP) is 14.3. The fourth-order valence-electron chi connectivity index (χ4n) is 8.21. The van der Waals surface area contributed by atoms with Crippen molar-refractivity contribution >= 4 is 59.3 Å². The van der Waals surface area contributed by atoms with Gasteiger partial charge in [-0.25, -0.2) is 4.39 Å². The van der Waals surface area contributed by atoms with Crippen LogP contribution >= 0.6 is 11.3 Å². The Morgan fingerprint density at radius 3 is 1.81 bits per heavy atom. The standard InChI is InChI=1S/C50H36FNS/c1-31-7-5-9-44(19-31)52(45-10-6-8-32(2)20-45)46-17-15-35-23-38-24-37-21-34(14-13-33(37)22-39(38)25-42(35)29-46)40-26-41(28-43(51)27-40)36-16-18-50-48(30-36)47-11-3-4-12-49(47)53-50/h3-22,24,26-30H,23,25H2,1-2H3. The first-order chi connectivity index (χ1) is 25.9. The molecule has 10 rings (SSSR count). The largest absolute Gasteiger partial charge is 0.310 e. The van der Waals surface area contributed by atoms with Gasteiger partial charge in [0, 0.05) is 37.2 Å². The summed E-state index contributed by atoms with van der Waals surface area (Å²) >= 11 is 1.80. The highest BCUT2D eigenvalue weighted by molar-refractivity contribution is 7.25. The van der Waals surface area contributed by atoms with Crippen LogP contribution in [0, 0.1) is 19.7 Å². The van der Waals surface area contributed by atoms with Gasteiger partial charge in [0.15, 0.2) is 0 Å². The van der Waals surface area contributed by atoms with Crippen molar-refractivity contribution in [3.63, 3.8) is 0 Å². The van der Waals surface area contributed by atoms with E-state index < -0.39 is 0 Å². The summed E-state index contributed by atoms with van der Waals surface area (Å²) in [6.07, 6.45) is 1.78. The number of halogens is 1. The zero-order chi connectivity index (χ0) is 35.6. The minimum absolute atomic E-state index is 0.224. The molecule has 1 aromatic heterocycles. The molecule has 1 aliphatic carbocycles. The maximum atomic E-state index is 15.3. The lowest BCUT2D eigenvalue weighted by Crippen LogP contribution is -2.13. The van der Waals surface area contributed by atoms with Gasteiger partial charge in [-0.1, -0.05) is 78.9 Å². The Kier molecular flexibility index (Phi) is 7.52. The number of hydrogen-bond acceptors (Lipinski definition) is 2. The maximum absolute atomic E-state index is 15.3. The van der Waals surface area contributed by atoms with Crippen molar-refractivity contribution in [3.8, 4) is 22.3 Å². The quantitative estimate of drug-likeness (QED) is 0.173. The predicted molar refractivity (Wildman–Crippen MR) is 224 cm³/mol. The first-order valence-electron chi connectivity index (χ1n) is 18.3. The number of rotatable bonds is 5. The van der Waals surface area contributed by atoms with Gasteiger partial charge in [0.05, 0.1) is 0 Å². The Labute approximate surface area is 313 Å². The second-order valence-electron chi connectivity index (χ2n) is 14.5. The molecule has 0 fully saturated rings. The van der Waals surface area contributed by atoms with Crippen LogP contribution in [0.5, 0.6) is 0 Å². The lowest BCUT2D eigenvalue weighted by molar-refractivity contribution is 0.629. The molecule has 8 aromatic carbocycles. The van der Waals surface area contributed by atoms with Crippen molar-refractivity contribution in [3.05, 3.63) is 197 Å². The summed E-state index contributed by atoms with van der Waals surface area (Å²) in [5, 5.41) is 4.86. The molecule has 1 heterocycles. The summed E-state index contributed by atoms with van der Waals surface area (Å²) in [5.74, 6) is -0.224. The fourth-order valence-corrected chi connectivity index (χ4v) is 9.30. The van der Waals surface area contributed by atoms with Gasteiger partial charge in [0.25, 0.3) is 0 Å². The topological polar surface area (TPSA) is 3.24 Å². The lowest BCUT2D eigenvalue weighted by atomic mass is 9.84. The summed E-state index contributed by atoms with van der Waals surface area (Å²) in [6, 6.07) is 56.2. The van der Waals surface area contributed by atoms with Crippen LogP contribution in [0.15, 0.2) is 158 Å². The zero-order valence-corrected chi connectivity index (χ0v) is 30.5. The van der Waals surface area contributed by atoms with Gasteiger partial charge < -0.3 is 4.90 Å². The van der Waals surface area contributed by atoms with E-state index >= 15 is 4.39 Å². The smallest absolute Gasteiger partial charge is 0.124 e. The Hall–Kier alpha value is -6.03. The molecular formula is C50H36FNS. The molecule has 0 amide bonds. The molecule has 0 radical (unpaired) electrons. The second-order valence-corrected chi connectivity index (χ2v) is 15.6. The molecule has 0 atom stereocenters. The summed E-state index contributed by atoms with van der Waals surface area (Å²) in [7, 11) is 0. The number of benzene rings is 8. The third-order valence-electron chi connectivity index (χ3n) is 10.8. The molecule has 0 saturated carbocycles. The normalized spacial score (nSPS) is 12.3. The average Bonchev–Trinajstić information content (AvgIpc) is 3.54. The van der Waals surface area contributed by atoms with E-state index in [4.69, 9.17) is 0 Å². The Morgan fingerprint density at radius 2 is 1.06 bits per heavy atom. The van der Waals surface area contributed by atoms with Crippen LogP contribution in [0.2, 0.25) is 0 Å². The fraction of sp³-hybridized carbons (Fsp3) is 0.0800.